The van der Waals surface area contributed by atoms with Crippen molar-refractivity contribution in [2.24, 2.45) is 0 Å². The fourth-order valence-corrected chi connectivity index (χ4v) is 1.56. The van der Waals surface area contributed by atoms with E-state index >= 15 is 0 Å². The van der Waals surface area contributed by atoms with E-state index in [1.807, 2.05) is 50.2 Å². The monoisotopic (exact) mass is 243 g/mol. The molecular formula is C15H17NO2. The Hall–Kier alpha value is -2.08. The van der Waals surface area contributed by atoms with Crippen LogP contribution in [0.3, 0.4) is 0 Å². The highest BCUT2D eigenvalue weighted by atomic mass is 16.5. The van der Waals surface area contributed by atoms with Crippen LogP contribution in [-0.4, -0.2) is 12.1 Å². The number of nitrogens with zero attached hydrogens (tertiary/aromatic N) is 1. The second-order valence-corrected chi connectivity index (χ2v) is 4.09. The molecule has 1 aromatic carbocycles. The molecule has 1 rings (SSSR count). The van der Waals surface area contributed by atoms with E-state index in [9.17, 15) is 4.79 Å². The lowest BCUT2D eigenvalue weighted by Crippen LogP contribution is -2.15. The summed E-state index contributed by atoms with van der Waals surface area (Å²) in [6.07, 6.45) is 3.13. The van der Waals surface area contributed by atoms with Gasteiger partial charge in [-0.2, -0.15) is 5.26 Å². The van der Waals surface area contributed by atoms with Gasteiger partial charge in [-0.3, -0.25) is 0 Å². The highest BCUT2D eigenvalue weighted by Gasteiger charge is 2.14. The van der Waals surface area contributed by atoms with Crippen molar-refractivity contribution in [1.29, 1.82) is 5.26 Å². The van der Waals surface area contributed by atoms with Gasteiger partial charge in [0.25, 0.3) is 0 Å². The normalized spacial score (nSPS) is 12.6. The Balaban J connectivity index is 2.76. The molecule has 0 amide bonds. The summed E-state index contributed by atoms with van der Waals surface area (Å²) in [6.45, 7) is 3.86. The molecule has 0 N–H and O–H groups in total. The predicted molar refractivity (Wildman–Crippen MR) is 70.5 cm³/mol. The minimum atomic E-state index is -0.553. The van der Waals surface area contributed by atoms with Crippen LogP contribution in [0.15, 0.2) is 35.9 Å². The van der Waals surface area contributed by atoms with Gasteiger partial charge >= 0.3 is 5.97 Å². The van der Waals surface area contributed by atoms with E-state index in [0.29, 0.717) is 0 Å². The zero-order chi connectivity index (χ0) is 13.4. The first-order valence-corrected chi connectivity index (χ1v) is 6.05. The zero-order valence-corrected chi connectivity index (χ0v) is 10.7. The van der Waals surface area contributed by atoms with Gasteiger partial charge in [-0.1, -0.05) is 43.7 Å². The molecule has 0 aliphatic heterocycles. The minimum absolute atomic E-state index is 0.0316. The predicted octanol–water partition coefficient (Wildman–Crippen LogP) is 3.33. The van der Waals surface area contributed by atoms with E-state index in [1.54, 1.807) is 6.08 Å². The van der Waals surface area contributed by atoms with Crippen LogP contribution in [0.4, 0.5) is 0 Å². The van der Waals surface area contributed by atoms with Crippen LogP contribution in [0.1, 0.15) is 32.3 Å². The maximum absolute atomic E-state index is 11.8. The molecule has 0 heterocycles. The van der Waals surface area contributed by atoms with Gasteiger partial charge < -0.3 is 4.74 Å². The summed E-state index contributed by atoms with van der Waals surface area (Å²) < 4.78 is 5.19. The molecule has 1 atom stereocenters. The van der Waals surface area contributed by atoms with Gasteiger partial charge in [0.1, 0.15) is 11.6 Å². The number of hydrogen-bond donors (Lipinski definition) is 0. The van der Waals surface area contributed by atoms with Crippen molar-refractivity contribution in [2.75, 3.05) is 0 Å². The number of ether oxygens (including phenoxy) is 1. The summed E-state index contributed by atoms with van der Waals surface area (Å²) >= 11 is 0. The molecule has 0 radical (unpaired) electrons. The number of carbonyl (C=O) groups is 1. The lowest BCUT2D eigenvalue weighted by Gasteiger charge is -2.11. The van der Waals surface area contributed by atoms with Gasteiger partial charge in [0.05, 0.1) is 6.10 Å². The third kappa shape index (κ3) is 4.42. The summed E-state index contributed by atoms with van der Waals surface area (Å²) in [4.78, 5) is 11.8. The molecule has 3 nitrogen and oxygen atoms in total. The van der Waals surface area contributed by atoms with Crippen molar-refractivity contribution in [1.82, 2.24) is 0 Å². The summed E-state index contributed by atoms with van der Waals surface area (Å²) in [7, 11) is 0. The maximum Gasteiger partial charge on any atom is 0.349 e. The van der Waals surface area contributed by atoms with Crippen LogP contribution >= 0.6 is 0 Å². The van der Waals surface area contributed by atoms with Crippen molar-refractivity contribution in [3.05, 3.63) is 41.5 Å². The molecule has 0 saturated heterocycles. The van der Waals surface area contributed by atoms with E-state index < -0.39 is 5.97 Å². The molecule has 18 heavy (non-hydrogen) atoms. The molecule has 0 aliphatic carbocycles. The molecular weight excluding hydrogens is 226 g/mol. The first-order chi connectivity index (χ1) is 8.67. The fraction of sp³-hybridized carbons (Fsp3) is 0.333. The first-order valence-electron chi connectivity index (χ1n) is 6.05. The molecule has 0 saturated carbocycles. The second-order valence-electron chi connectivity index (χ2n) is 4.09. The molecule has 0 aromatic heterocycles. The number of benzene rings is 1. The van der Waals surface area contributed by atoms with Crippen molar-refractivity contribution in [3.8, 4) is 6.07 Å². The van der Waals surface area contributed by atoms with E-state index in [4.69, 9.17) is 10.00 Å². The van der Waals surface area contributed by atoms with Gasteiger partial charge in [-0.05, 0) is 25.0 Å². The summed E-state index contributed by atoms with van der Waals surface area (Å²) in [5.41, 5.74) is 0.846. The molecule has 94 valence electrons. The van der Waals surface area contributed by atoms with Crippen LogP contribution in [0.25, 0.3) is 6.08 Å². The first kappa shape index (κ1) is 14.0. The van der Waals surface area contributed by atoms with Gasteiger partial charge in [-0.25, -0.2) is 4.79 Å². The van der Waals surface area contributed by atoms with Crippen LogP contribution in [0.5, 0.6) is 0 Å². The maximum atomic E-state index is 11.8. The van der Waals surface area contributed by atoms with E-state index in [-0.39, 0.29) is 11.7 Å². The Kier molecular flexibility index (Phi) is 5.66. The van der Waals surface area contributed by atoms with Gasteiger partial charge in [0, 0.05) is 0 Å². The van der Waals surface area contributed by atoms with Gasteiger partial charge in [-0.15, -0.1) is 0 Å². The molecule has 1 aromatic rings. The van der Waals surface area contributed by atoms with Gasteiger partial charge in [0.15, 0.2) is 0 Å². The van der Waals surface area contributed by atoms with Crippen molar-refractivity contribution in [2.45, 2.75) is 32.8 Å². The number of carbonyl (C=O) groups excluding carboxylic acids is 1. The second kappa shape index (κ2) is 7.29. The van der Waals surface area contributed by atoms with Crippen LogP contribution in [0, 0.1) is 11.3 Å². The molecule has 0 bridgehead atoms. The van der Waals surface area contributed by atoms with Crippen molar-refractivity contribution in [3.63, 3.8) is 0 Å². The number of esters is 1. The lowest BCUT2D eigenvalue weighted by atomic mass is 10.1. The topological polar surface area (TPSA) is 50.1 Å². The average Bonchev–Trinajstić information content (AvgIpc) is 2.37. The van der Waals surface area contributed by atoms with E-state index in [2.05, 4.69) is 0 Å². The Labute approximate surface area is 108 Å². The quantitative estimate of drug-likeness (QED) is 0.453. The Bertz CT molecular complexity index is 457. The van der Waals surface area contributed by atoms with E-state index in [1.165, 1.54) is 0 Å². The van der Waals surface area contributed by atoms with Crippen molar-refractivity contribution >= 4 is 12.0 Å². The summed E-state index contributed by atoms with van der Waals surface area (Å²) in [5.74, 6) is -0.553. The largest absolute Gasteiger partial charge is 0.459 e. The van der Waals surface area contributed by atoms with E-state index in [0.717, 1.165) is 18.4 Å². The highest BCUT2D eigenvalue weighted by Crippen LogP contribution is 2.10. The number of rotatable bonds is 5. The summed E-state index contributed by atoms with van der Waals surface area (Å²) in [6, 6.07) is 11.1. The summed E-state index contributed by atoms with van der Waals surface area (Å²) in [5, 5.41) is 8.98. The minimum Gasteiger partial charge on any atom is -0.459 e. The SMILES string of the molecule is CCCC(C)OC(=O)C(C#N)=Cc1ccccc1. The molecule has 0 spiro atoms. The van der Waals surface area contributed by atoms with Crippen molar-refractivity contribution < 1.29 is 9.53 Å². The molecule has 0 fully saturated rings. The Morgan fingerprint density at radius 2 is 2.11 bits per heavy atom. The van der Waals surface area contributed by atoms with Crippen LogP contribution < -0.4 is 0 Å². The van der Waals surface area contributed by atoms with Crippen LogP contribution in [0.2, 0.25) is 0 Å². The third-order valence-corrected chi connectivity index (χ3v) is 2.45. The number of hydrogen-bond acceptors (Lipinski definition) is 3. The standard InChI is InChI=1S/C15H17NO2/c1-3-7-12(2)18-15(17)14(11-16)10-13-8-5-4-6-9-13/h4-6,8-10,12H,3,7H2,1-2H3. The smallest absolute Gasteiger partial charge is 0.349 e. The Morgan fingerprint density at radius 3 is 2.67 bits per heavy atom. The lowest BCUT2D eigenvalue weighted by molar-refractivity contribution is -0.143. The van der Waals surface area contributed by atoms with Crippen LogP contribution in [-0.2, 0) is 9.53 Å². The zero-order valence-electron chi connectivity index (χ0n) is 10.7. The molecule has 1 unspecified atom stereocenters. The Morgan fingerprint density at radius 1 is 1.44 bits per heavy atom. The highest BCUT2D eigenvalue weighted by molar-refractivity contribution is 5.97. The number of nitriles is 1. The molecule has 3 heteroatoms. The average molecular weight is 243 g/mol. The molecule has 0 aliphatic rings. The third-order valence-electron chi connectivity index (χ3n) is 2.45. The fourth-order valence-electron chi connectivity index (χ4n) is 1.56. The van der Waals surface area contributed by atoms with Gasteiger partial charge in [0.2, 0.25) is 0 Å².